The summed E-state index contributed by atoms with van der Waals surface area (Å²) in [5, 5.41) is 3.44. The fraction of sp³-hybridized carbons (Fsp3) is 0.294. The van der Waals surface area contributed by atoms with Gasteiger partial charge in [-0.25, -0.2) is 0 Å². The minimum absolute atomic E-state index is 0.296. The summed E-state index contributed by atoms with van der Waals surface area (Å²) >= 11 is 0. The summed E-state index contributed by atoms with van der Waals surface area (Å²) in [5.74, 6) is 1.41. The van der Waals surface area contributed by atoms with E-state index >= 15 is 0 Å². The number of fused-ring (bicyclic) bond motifs is 1. The SMILES string of the molecule is CNC(c1ccc(C)cc1)C1COc2ccccc21. The van der Waals surface area contributed by atoms with Crippen LogP contribution in [0.25, 0.3) is 0 Å². The lowest BCUT2D eigenvalue weighted by Crippen LogP contribution is -2.24. The molecule has 1 aliphatic heterocycles. The van der Waals surface area contributed by atoms with Crippen LogP contribution in [-0.4, -0.2) is 13.7 Å². The van der Waals surface area contributed by atoms with Gasteiger partial charge in [0, 0.05) is 17.5 Å². The largest absolute Gasteiger partial charge is 0.493 e. The van der Waals surface area contributed by atoms with Gasteiger partial charge in [-0.3, -0.25) is 0 Å². The summed E-state index contributed by atoms with van der Waals surface area (Å²) in [6.45, 7) is 2.87. The summed E-state index contributed by atoms with van der Waals surface area (Å²) in [7, 11) is 2.02. The van der Waals surface area contributed by atoms with Gasteiger partial charge in [-0.15, -0.1) is 0 Å². The van der Waals surface area contributed by atoms with Crippen molar-refractivity contribution in [2.45, 2.75) is 18.9 Å². The number of hydrogen-bond donors (Lipinski definition) is 1. The highest BCUT2D eigenvalue weighted by atomic mass is 16.5. The van der Waals surface area contributed by atoms with Gasteiger partial charge in [-0.1, -0.05) is 48.0 Å². The van der Waals surface area contributed by atoms with Crippen LogP contribution in [0, 0.1) is 6.92 Å². The van der Waals surface area contributed by atoms with Crippen molar-refractivity contribution in [2.75, 3.05) is 13.7 Å². The van der Waals surface area contributed by atoms with Crippen molar-refractivity contribution in [3.05, 3.63) is 65.2 Å². The van der Waals surface area contributed by atoms with Crippen LogP contribution in [0.5, 0.6) is 5.75 Å². The normalized spacial score (nSPS) is 18.7. The van der Waals surface area contributed by atoms with E-state index in [2.05, 4.69) is 54.7 Å². The van der Waals surface area contributed by atoms with Gasteiger partial charge in [0.25, 0.3) is 0 Å². The minimum atomic E-state index is 0.296. The molecule has 19 heavy (non-hydrogen) atoms. The van der Waals surface area contributed by atoms with Crippen LogP contribution in [0.2, 0.25) is 0 Å². The van der Waals surface area contributed by atoms with Crippen LogP contribution in [0.3, 0.4) is 0 Å². The highest BCUT2D eigenvalue weighted by Crippen LogP contribution is 2.40. The van der Waals surface area contributed by atoms with Crippen LogP contribution < -0.4 is 10.1 Å². The highest BCUT2D eigenvalue weighted by Gasteiger charge is 2.31. The molecule has 98 valence electrons. The minimum Gasteiger partial charge on any atom is -0.493 e. The van der Waals surface area contributed by atoms with Gasteiger partial charge in [0.15, 0.2) is 0 Å². The first-order valence-electron chi connectivity index (χ1n) is 6.75. The summed E-state index contributed by atoms with van der Waals surface area (Å²) in [6, 6.07) is 17.4. The Morgan fingerprint density at radius 3 is 2.58 bits per heavy atom. The predicted octanol–water partition coefficient (Wildman–Crippen LogP) is 3.43. The van der Waals surface area contributed by atoms with Gasteiger partial charge in [0.2, 0.25) is 0 Å². The van der Waals surface area contributed by atoms with Crippen LogP contribution in [0.15, 0.2) is 48.5 Å². The number of benzene rings is 2. The monoisotopic (exact) mass is 253 g/mol. The Morgan fingerprint density at radius 1 is 1.11 bits per heavy atom. The van der Waals surface area contributed by atoms with E-state index in [-0.39, 0.29) is 0 Å². The van der Waals surface area contributed by atoms with Crippen molar-refractivity contribution in [2.24, 2.45) is 0 Å². The molecule has 0 bridgehead atoms. The maximum Gasteiger partial charge on any atom is 0.122 e. The quantitative estimate of drug-likeness (QED) is 0.905. The highest BCUT2D eigenvalue weighted by molar-refractivity contribution is 5.42. The van der Waals surface area contributed by atoms with E-state index in [0.29, 0.717) is 12.0 Å². The molecule has 2 heteroatoms. The molecule has 0 amide bonds. The predicted molar refractivity (Wildman–Crippen MR) is 77.7 cm³/mol. The first kappa shape index (κ1) is 12.2. The second-order valence-corrected chi connectivity index (χ2v) is 5.13. The third-order valence-electron chi connectivity index (χ3n) is 3.89. The van der Waals surface area contributed by atoms with Crippen LogP contribution in [-0.2, 0) is 0 Å². The Kier molecular flexibility index (Phi) is 3.26. The molecule has 2 atom stereocenters. The maximum atomic E-state index is 5.80. The number of para-hydroxylation sites is 1. The van der Waals surface area contributed by atoms with Crippen molar-refractivity contribution < 1.29 is 4.74 Å². The Hall–Kier alpha value is -1.80. The Morgan fingerprint density at radius 2 is 1.84 bits per heavy atom. The summed E-state index contributed by atoms with van der Waals surface area (Å²) in [5.41, 5.74) is 3.92. The Balaban J connectivity index is 1.94. The first-order valence-corrected chi connectivity index (χ1v) is 6.75. The zero-order chi connectivity index (χ0) is 13.2. The molecule has 0 aromatic heterocycles. The average Bonchev–Trinajstić information content (AvgIpc) is 2.86. The van der Waals surface area contributed by atoms with Gasteiger partial charge < -0.3 is 10.1 Å². The molecule has 2 nitrogen and oxygen atoms in total. The van der Waals surface area contributed by atoms with Crippen molar-refractivity contribution >= 4 is 0 Å². The smallest absolute Gasteiger partial charge is 0.122 e. The lowest BCUT2D eigenvalue weighted by Gasteiger charge is -2.23. The molecule has 0 spiro atoms. The molecule has 0 saturated heterocycles. The molecular formula is C17H19NO. The van der Waals surface area contributed by atoms with Crippen LogP contribution in [0.4, 0.5) is 0 Å². The Labute approximate surface area is 114 Å². The molecule has 0 saturated carbocycles. The van der Waals surface area contributed by atoms with Crippen LogP contribution in [0.1, 0.15) is 28.7 Å². The van der Waals surface area contributed by atoms with Crippen molar-refractivity contribution in [3.8, 4) is 5.75 Å². The summed E-state index contributed by atoms with van der Waals surface area (Å²) in [4.78, 5) is 0. The van der Waals surface area contributed by atoms with Gasteiger partial charge >= 0.3 is 0 Å². The lowest BCUT2D eigenvalue weighted by atomic mass is 9.88. The van der Waals surface area contributed by atoms with E-state index in [0.717, 1.165) is 12.4 Å². The molecule has 0 aliphatic carbocycles. The second-order valence-electron chi connectivity index (χ2n) is 5.13. The molecule has 3 rings (SSSR count). The fourth-order valence-electron chi connectivity index (χ4n) is 2.84. The average molecular weight is 253 g/mol. The number of nitrogens with one attached hydrogen (secondary N) is 1. The van der Waals surface area contributed by atoms with Crippen molar-refractivity contribution in [1.82, 2.24) is 5.32 Å². The van der Waals surface area contributed by atoms with Crippen LogP contribution >= 0.6 is 0 Å². The van der Waals surface area contributed by atoms with Gasteiger partial charge in [0.05, 0.1) is 6.61 Å². The van der Waals surface area contributed by atoms with E-state index in [1.165, 1.54) is 16.7 Å². The molecule has 2 aromatic rings. The first-order chi connectivity index (χ1) is 9.29. The number of rotatable bonds is 3. The zero-order valence-corrected chi connectivity index (χ0v) is 11.4. The second kappa shape index (κ2) is 5.06. The van der Waals surface area contributed by atoms with Gasteiger partial charge in [-0.05, 0) is 25.6 Å². The number of likely N-dealkylation sites (N-methyl/N-ethyl adjacent to an activating group) is 1. The molecule has 1 N–H and O–H groups in total. The molecule has 0 radical (unpaired) electrons. The fourth-order valence-corrected chi connectivity index (χ4v) is 2.84. The number of ether oxygens (including phenoxy) is 1. The van der Waals surface area contributed by atoms with Gasteiger partial charge in [0.1, 0.15) is 5.75 Å². The van der Waals surface area contributed by atoms with E-state index in [9.17, 15) is 0 Å². The van der Waals surface area contributed by atoms with E-state index in [4.69, 9.17) is 4.74 Å². The molecule has 1 heterocycles. The maximum absolute atomic E-state index is 5.80. The van der Waals surface area contributed by atoms with E-state index < -0.39 is 0 Å². The topological polar surface area (TPSA) is 21.3 Å². The summed E-state index contributed by atoms with van der Waals surface area (Å²) < 4.78 is 5.80. The molecular weight excluding hydrogens is 234 g/mol. The Bertz CT molecular complexity index is 562. The molecule has 1 aliphatic rings. The third-order valence-corrected chi connectivity index (χ3v) is 3.89. The lowest BCUT2D eigenvalue weighted by molar-refractivity contribution is 0.304. The summed E-state index contributed by atoms with van der Waals surface area (Å²) in [6.07, 6.45) is 0. The van der Waals surface area contributed by atoms with E-state index in [1.807, 2.05) is 13.1 Å². The standard InChI is InChI=1S/C17H19NO/c1-12-7-9-13(10-8-12)17(18-2)15-11-19-16-6-4-3-5-14(15)16/h3-10,15,17-18H,11H2,1-2H3. The van der Waals surface area contributed by atoms with Crippen molar-refractivity contribution in [1.29, 1.82) is 0 Å². The zero-order valence-electron chi connectivity index (χ0n) is 11.4. The number of aryl methyl sites for hydroxylation is 1. The molecule has 0 fully saturated rings. The molecule has 2 unspecified atom stereocenters. The molecule has 2 aromatic carbocycles. The van der Waals surface area contributed by atoms with Gasteiger partial charge in [-0.2, -0.15) is 0 Å². The van der Waals surface area contributed by atoms with E-state index in [1.54, 1.807) is 0 Å². The van der Waals surface area contributed by atoms with Crippen molar-refractivity contribution in [3.63, 3.8) is 0 Å². The third kappa shape index (κ3) is 2.24. The number of hydrogen-bond acceptors (Lipinski definition) is 2.